The molecule has 23 heavy (non-hydrogen) atoms. The Bertz CT molecular complexity index is 732. The zero-order valence-corrected chi connectivity index (χ0v) is 14.0. The minimum atomic E-state index is -0.496. The molecule has 0 unspecified atom stereocenters. The summed E-state index contributed by atoms with van der Waals surface area (Å²) in [6, 6.07) is 1.66. The third-order valence-electron chi connectivity index (χ3n) is 3.40. The average Bonchev–Trinajstić information content (AvgIpc) is 2.89. The van der Waals surface area contributed by atoms with Crippen LogP contribution in [0.15, 0.2) is 23.3 Å². The molecule has 7 nitrogen and oxygen atoms in total. The lowest BCUT2D eigenvalue weighted by Gasteiger charge is -2.13. The molecule has 0 aromatic carbocycles. The van der Waals surface area contributed by atoms with E-state index in [2.05, 4.69) is 20.4 Å². The second kappa shape index (κ2) is 7.21. The first-order chi connectivity index (χ1) is 10.8. The summed E-state index contributed by atoms with van der Waals surface area (Å²) in [4.78, 5) is 30.2. The number of nitrogens with one attached hydrogen (secondary N) is 2. The molecule has 0 saturated carbocycles. The van der Waals surface area contributed by atoms with E-state index in [1.165, 1.54) is 0 Å². The van der Waals surface area contributed by atoms with Gasteiger partial charge in [0.25, 0.3) is 5.91 Å². The molecule has 0 bridgehead atoms. The number of carbonyl (C=O) groups excluding carboxylic acids is 1. The number of hydrogen-bond acceptors (Lipinski definition) is 4. The Hall–Kier alpha value is -2.44. The quantitative estimate of drug-likeness (QED) is 0.843. The van der Waals surface area contributed by atoms with Crippen LogP contribution in [0.4, 0.5) is 0 Å². The van der Waals surface area contributed by atoms with Crippen molar-refractivity contribution in [2.24, 2.45) is 5.92 Å². The smallest absolute Gasteiger partial charge is 0.345 e. The molecule has 124 valence electrons. The van der Waals surface area contributed by atoms with E-state index >= 15 is 0 Å². The molecular formula is C16H23N5O2. The van der Waals surface area contributed by atoms with Gasteiger partial charge in [0.05, 0.1) is 12.2 Å². The molecule has 2 aromatic heterocycles. The standard InChI is InChI=1S/C16H23N5O2/c1-10(2)5-13-6-14(20-16(23)19-13)15(22)17-8-12(4)21-9-11(3)7-18-21/h6-7,9-10,12H,5,8H2,1-4H3,(H,17,22)(H,19,20,23)/t12-/m0/s1. The number of aromatic amines is 1. The third-order valence-corrected chi connectivity index (χ3v) is 3.40. The van der Waals surface area contributed by atoms with Gasteiger partial charge in [-0.15, -0.1) is 0 Å². The van der Waals surface area contributed by atoms with E-state index in [4.69, 9.17) is 0 Å². The van der Waals surface area contributed by atoms with Gasteiger partial charge >= 0.3 is 5.69 Å². The molecule has 7 heteroatoms. The van der Waals surface area contributed by atoms with Crippen molar-refractivity contribution in [1.82, 2.24) is 25.1 Å². The van der Waals surface area contributed by atoms with E-state index in [1.54, 1.807) is 16.9 Å². The van der Waals surface area contributed by atoms with E-state index in [0.29, 0.717) is 18.9 Å². The Labute approximate surface area is 135 Å². The van der Waals surface area contributed by atoms with Gasteiger partial charge in [0.15, 0.2) is 0 Å². The van der Waals surface area contributed by atoms with Crippen molar-refractivity contribution in [2.75, 3.05) is 6.54 Å². The van der Waals surface area contributed by atoms with Crippen LogP contribution in [-0.2, 0) is 6.42 Å². The van der Waals surface area contributed by atoms with Gasteiger partial charge in [-0.2, -0.15) is 10.1 Å². The second-order valence-electron chi connectivity index (χ2n) is 6.25. The van der Waals surface area contributed by atoms with Crippen LogP contribution in [0.25, 0.3) is 0 Å². The summed E-state index contributed by atoms with van der Waals surface area (Å²) in [5.41, 5.74) is 1.44. The maximum Gasteiger partial charge on any atom is 0.345 e. The van der Waals surface area contributed by atoms with Crippen molar-refractivity contribution < 1.29 is 4.79 Å². The summed E-state index contributed by atoms with van der Waals surface area (Å²) in [6.45, 7) is 8.43. The number of rotatable bonds is 6. The third kappa shape index (κ3) is 4.77. The maximum atomic E-state index is 12.2. The lowest BCUT2D eigenvalue weighted by Crippen LogP contribution is -2.32. The van der Waals surface area contributed by atoms with Crippen LogP contribution in [0.5, 0.6) is 0 Å². The molecule has 2 aromatic rings. The van der Waals surface area contributed by atoms with Gasteiger partial charge in [-0.1, -0.05) is 13.8 Å². The van der Waals surface area contributed by atoms with Crippen molar-refractivity contribution in [3.8, 4) is 0 Å². The second-order valence-corrected chi connectivity index (χ2v) is 6.25. The fourth-order valence-electron chi connectivity index (χ4n) is 2.27. The average molecular weight is 317 g/mol. The summed E-state index contributed by atoms with van der Waals surface area (Å²) < 4.78 is 1.80. The summed E-state index contributed by atoms with van der Waals surface area (Å²) in [5.74, 6) is 0.0314. The Balaban J connectivity index is 2.03. The molecule has 0 aliphatic heterocycles. The molecule has 1 amide bonds. The van der Waals surface area contributed by atoms with Crippen molar-refractivity contribution >= 4 is 5.91 Å². The molecule has 2 rings (SSSR count). The van der Waals surface area contributed by atoms with Gasteiger partial charge in [-0.3, -0.25) is 9.48 Å². The van der Waals surface area contributed by atoms with Gasteiger partial charge in [-0.25, -0.2) is 4.79 Å². The van der Waals surface area contributed by atoms with Gasteiger partial charge in [0.2, 0.25) is 0 Å². The molecule has 2 N–H and O–H groups in total. The van der Waals surface area contributed by atoms with Crippen LogP contribution in [-0.4, -0.2) is 32.2 Å². The fourth-order valence-corrected chi connectivity index (χ4v) is 2.27. The Morgan fingerprint density at radius 3 is 2.74 bits per heavy atom. The van der Waals surface area contributed by atoms with Crippen molar-refractivity contribution in [1.29, 1.82) is 0 Å². The van der Waals surface area contributed by atoms with Crippen LogP contribution >= 0.6 is 0 Å². The Morgan fingerprint density at radius 1 is 1.39 bits per heavy atom. The number of H-pyrrole nitrogens is 1. The predicted octanol–water partition coefficient (Wildman–Crippen LogP) is 1.46. The minimum Gasteiger partial charge on any atom is -0.349 e. The van der Waals surface area contributed by atoms with Gasteiger partial charge < -0.3 is 10.3 Å². The monoisotopic (exact) mass is 317 g/mol. The zero-order chi connectivity index (χ0) is 17.0. The largest absolute Gasteiger partial charge is 0.349 e. The SMILES string of the molecule is Cc1cnn([C@@H](C)CNC(=O)c2cc(CC(C)C)[nH]c(=O)n2)c1. The van der Waals surface area contributed by atoms with E-state index in [-0.39, 0.29) is 17.6 Å². The molecule has 0 fully saturated rings. The van der Waals surface area contributed by atoms with Gasteiger partial charge in [0, 0.05) is 18.4 Å². The molecule has 0 aliphatic carbocycles. The summed E-state index contributed by atoms with van der Waals surface area (Å²) >= 11 is 0. The number of aromatic nitrogens is 4. The first-order valence-electron chi connectivity index (χ1n) is 7.74. The van der Waals surface area contributed by atoms with E-state index < -0.39 is 5.69 Å². The molecule has 0 radical (unpaired) electrons. The number of amides is 1. The molecule has 1 atom stereocenters. The van der Waals surface area contributed by atoms with Crippen molar-refractivity contribution in [3.63, 3.8) is 0 Å². The molecule has 0 spiro atoms. The van der Waals surface area contributed by atoms with Crippen LogP contribution < -0.4 is 11.0 Å². The lowest BCUT2D eigenvalue weighted by atomic mass is 10.1. The number of hydrogen-bond donors (Lipinski definition) is 2. The van der Waals surface area contributed by atoms with Crippen LogP contribution in [0.2, 0.25) is 0 Å². The summed E-state index contributed by atoms with van der Waals surface area (Å²) in [5, 5.41) is 7.02. The zero-order valence-electron chi connectivity index (χ0n) is 14.0. The Morgan fingerprint density at radius 2 is 2.13 bits per heavy atom. The van der Waals surface area contributed by atoms with Crippen LogP contribution in [0.1, 0.15) is 48.6 Å². The maximum absolute atomic E-state index is 12.2. The topological polar surface area (TPSA) is 92.7 Å². The minimum absolute atomic E-state index is 0.0183. The molecular weight excluding hydrogens is 294 g/mol. The highest BCUT2D eigenvalue weighted by molar-refractivity contribution is 5.92. The first kappa shape index (κ1) is 16.9. The normalized spacial score (nSPS) is 12.4. The van der Waals surface area contributed by atoms with Crippen molar-refractivity contribution in [3.05, 3.63) is 45.9 Å². The summed E-state index contributed by atoms with van der Waals surface area (Å²) in [7, 11) is 0. The van der Waals surface area contributed by atoms with Crippen LogP contribution in [0, 0.1) is 12.8 Å². The highest BCUT2D eigenvalue weighted by Crippen LogP contribution is 2.06. The lowest BCUT2D eigenvalue weighted by molar-refractivity contribution is 0.0942. The number of carbonyl (C=O) groups is 1. The van der Waals surface area contributed by atoms with E-state index in [9.17, 15) is 9.59 Å². The van der Waals surface area contributed by atoms with Crippen molar-refractivity contribution in [2.45, 2.75) is 40.2 Å². The molecule has 0 saturated heterocycles. The molecule has 2 heterocycles. The van der Waals surface area contributed by atoms with E-state index in [1.807, 2.05) is 33.9 Å². The number of aryl methyl sites for hydroxylation is 1. The van der Waals surface area contributed by atoms with Crippen LogP contribution in [0.3, 0.4) is 0 Å². The fraction of sp³-hybridized carbons (Fsp3) is 0.500. The predicted molar refractivity (Wildman–Crippen MR) is 87.4 cm³/mol. The Kier molecular flexibility index (Phi) is 5.31. The summed E-state index contributed by atoms with van der Waals surface area (Å²) in [6.07, 6.45) is 4.39. The number of nitrogens with zero attached hydrogens (tertiary/aromatic N) is 3. The van der Waals surface area contributed by atoms with Gasteiger partial charge in [0.1, 0.15) is 5.69 Å². The first-order valence-corrected chi connectivity index (χ1v) is 7.74. The highest BCUT2D eigenvalue weighted by Gasteiger charge is 2.13. The highest BCUT2D eigenvalue weighted by atomic mass is 16.2. The van der Waals surface area contributed by atoms with E-state index in [0.717, 1.165) is 11.3 Å². The molecule has 0 aliphatic rings. The van der Waals surface area contributed by atoms with Gasteiger partial charge in [-0.05, 0) is 37.8 Å².